The van der Waals surface area contributed by atoms with Gasteiger partial charge in [0, 0.05) is 10.0 Å². The van der Waals surface area contributed by atoms with E-state index in [1.54, 1.807) is 6.20 Å². The van der Waals surface area contributed by atoms with Crippen molar-refractivity contribution in [3.05, 3.63) is 34.9 Å². The highest BCUT2D eigenvalue weighted by Crippen LogP contribution is 2.30. The van der Waals surface area contributed by atoms with E-state index in [9.17, 15) is 0 Å². The minimum atomic E-state index is 0.357. The van der Waals surface area contributed by atoms with Crippen molar-refractivity contribution in [2.75, 3.05) is 6.61 Å². The molecule has 0 N–H and O–H groups in total. The minimum absolute atomic E-state index is 0.357. The lowest BCUT2D eigenvalue weighted by molar-refractivity contribution is 0.181. The summed E-state index contributed by atoms with van der Waals surface area (Å²) in [5.41, 5.74) is 0.984. The van der Waals surface area contributed by atoms with Gasteiger partial charge in [0.1, 0.15) is 0 Å². The fourth-order valence-electron chi connectivity index (χ4n) is 2.20. The molecule has 0 aliphatic rings. The van der Waals surface area contributed by atoms with Gasteiger partial charge in [0.2, 0.25) is 0 Å². The summed E-state index contributed by atoms with van der Waals surface area (Å²) >= 11 is 3.52. The molecule has 2 aromatic rings. The number of halogens is 1. The lowest BCUT2D eigenvalue weighted by Gasteiger charge is -2.13. The Balaban J connectivity index is 1.96. The van der Waals surface area contributed by atoms with E-state index in [-0.39, 0.29) is 0 Å². The van der Waals surface area contributed by atoms with Crippen LogP contribution in [0.3, 0.4) is 0 Å². The molecule has 2 rings (SSSR count). The van der Waals surface area contributed by atoms with Crippen LogP contribution in [0.25, 0.3) is 11.3 Å². The molecule has 21 heavy (non-hydrogen) atoms. The van der Waals surface area contributed by atoms with Crippen LogP contribution in [-0.4, -0.2) is 11.6 Å². The Hall–Kier alpha value is -1.29. The van der Waals surface area contributed by atoms with Crippen LogP contribution in [0.5, 0.6) is 6.08 Å². The predicted octanol–water partition coefficient (Wildman–Crippen LogP) is 5.70. The topological polar surface area (TPSA) is 35.3 Å². The fourth-order valence-corrected chi connectivity index (χ4v) is 2.68. The Morgan fingerprint density at radius 1 is 1.29 bits per heavy atom. The lowest BCUT2D eigenvalue weighted by Crippen LogP contribution is -2.11. The second-order valence-electron chi connectivity index (χ2n) is 5.20. The van der Waals surface area contributed by atoms with Gasteiger partial charge in [0.15, 0.2) is 5.76 Å². The molecule has 0 saturated carbocycles. The van der Waals surface area contributed by atoms with Gasteiger partial charge >= 0.3 is 6.08 Å². The van der Waals surface area contributed by atoms with E-state index in [0.29, 0.717) is 18.6 Å². The Kier molecular flexibility index (Phi) is 6.30. The van der Waals surface area contributed by atoms with Gasteiger partial charge in [-0.1, -0.05) is 67.2 Å². The first-order chi connectivity index (χ1) is 10.2. The Bertz CT molecular complexity index is 553. The monoisotopic (exact) mass is 351 g/mol. The summed E-state index contributed by atoms with van der Waals surface area (Å²) in [4.78, 5) is 4.21. The van der Waals surface area contributed by atoms with Crippen molar-refractivity contribution in [3.8, 4) is 17.4 Å². The molecule has 3 nitrogen and oxygen atoms in total. The summed E-state index contributed by atoms with van der Waals surface area (Å²) in [6.07, 6.45) is 6.86. The van der Waals surface area contributed by atoms with E-state index in [2.05, 4.69) is 34.8 Å². The number of unbranched alkanes of at least 4 members (excludes halogenated alkanes) is 1. The Morgan fingerprint density at radius 3 is 2.81 bits per heavy atom. The third-order valence-corrected chi connectivity index (χ3v) is 4.30. The van der Waals surface area contributed by atoms with E-state index < -0.39 is 0 Å². The first-order valence-electron chi connectivity index (χ1n) is 7.58. The number of aromatic nitrogens is 1. The standard InChI is InChI=1S/C17H22BrNO2/c1-3-5-8-13(4-2)12-20-17-19-11-16(21-17)14-9-6-7-10-15(14)18/h6-7,9-11,13H,3-5,8,12H2,1-2H3. The number of benzene rings is 1. The minimum Gasteiger partial charge on any atom is -0.450 e. The number of hydrogen-bond acceptors (Lipinski definition) is 3. The number of rotatable bonds is 8. The van der Waals surface area contributed by atoms with E-state index in [0.717, 1.165) is 22.2 Å². The molecule has 114 valence electrons. The number of oxazole rings is 1. The highest BCUT2D eigenvalue weighted by Gasteiger charge is 2.12. The molecule has 0 bridgehead atoms. The predicted molar refractivity (Wildman–Crippen MR) is 88.4 cm³/mol. The zero-order chi connectivity index (χ0) is 15.1. The van der Waals surface area contributed by atoms with E-state index in [4.69, 9.17) is 9.15 Å². The normalized spacial score (nSPS) is 12.3. The molecule has 0 fully saturated rings. The second kappa shape index (κ2) is 8.23. The summed E-state index contributed by atoms with van der Waals surface area (Å²) in [5, 5.41) is 0. The van der Waals surface area contributed by atoms with Crippen LogP contribution in [0, 0.1) is 5.92 Å². The van der Waals surface area contributed by atoms with Crippen molar-refractivity contribution in [1.29, 1.82) is 0 Å². The third-order valence-electron chi connectivity index (χ3n) is 3.61. The van der Waals surface area contributed by atoms with Crippen LogP contribution in [0.2, 0.25) is 0 Å². The number of ether oxygens (including phenoxy) is 1. The van der Waals surface area contributed by atoms with Gasteiger partial charge in [-0.3, -0.25) is 0 Å². The van der Waals surface area contributed by atoms with Gasteiger partial charge in [-0.05, 0) is 18.4 Å². The molecule has 0 aliphatic heterocycles. The summed E-state index contributed by atoms with van der Waals surface area (Å²) in [6, 6.07) is 7.92. The van der Waals surface area contributed by atoms with Crippen LogP contribution in [0.15, 0.2) is 39.4 Å². The average Bonchev–Trinajstić information content (AvgIpc) is 2.96. The van der Waals surface area contributed by atoms with Crippen molar-refractivity contribution < 1.29 is 9.15 Å². The molecule has 0 radical (unpaired) electrons. The molecule has 0 saturated heterocycles. The van der Waals surface area contributed by atoms with Gasteiger partial charge in [0.25, 0.3) is 0 Å². The summed E-state index contributed by atoms with van der Waals surface area (Å²) in [5.74, 6) is 1.29. The van der Waals surface area contributed by atoms with Gasteiger partial charge in [-0.25, -0.2) is 0 Å². The van der Waals surface area contributed by atoms with Crippen LogP contribution in [-0.2, 0) is 0 Å². The molecule has 1 unspecified atom stereocenters. The molecule has 1 heterocycles. The van der Waals surface area contributed by atoms with Crippen molar-refractivity contribution >= 4 is 15.9 Å². The van der Waals surface area contributed by atoms with Crippen LogP contribution >= 0.6 is 15.9 Å². The Labute approximate surface area is 134 Å². The van der Waals surface area contributed by atoms with E-state index >= 15 is 0 Å². The van der Waals surface area contributed by atoms with Crippen LogP contribution in [0.1, 0.15) is 39.5 Å². The van der Waals surface area contributed by atoms with Crippen molar-refractivity contribution in [3.63, 3.8) is 0 Å². The molecule has 0 amide bonds. The third kappa shape index (κ3) is 4.60. The zero-order valence-electron chi connectivity index (χ0n) is 12.6. The number of nitrogens with zero attached hydrogens (tertiary/aromatic N) is 1. The van der Waals surface area contributed by atoms with Crippen molar-refractivity contribution in [2.24, 2.45) is 5.92 Å². The van der Waals surface area contributed by atoms with Crippen molar-refractivity contribution in [1.82, 2.24) is 4.98 Å². The largest absolute Gasteiger partial charge is 0.450 e. The van der Waals surface area contributed by atoms with E-state index in [1.165, 1.54) is 19.3 Å². The highest BCUT2D eigenvalue weighted by molar-refractivity contribution is 9.10. The van der Waals surface area contributed by atoms with Crippen LogP contribution < -0.4 is 4.74 Å². The van der Waals surface area contributed by atoms with Crippen LogP contribution in [0.4, 0.5) is 0 Å². The quantitative estimate of drug-likeness (QED) is 0.611. The smallest absolute Gasteiger partial charge is 0.394 e. The maximum atomic E-state index is 5.71. The highest BCUT2D eigenvalue weighted by atomic mass is 79.9. The molecule has 0 aliphatic carbocycles. The van der Waals surface area contributed by atoms with Gasteiger partial charge in [-0.15, -0.1) is 0 Å². The zero-order valence-corrected chi connectivity index (χ0v) is 14.2. The van der Waals surface area contributed by atoms with Crippen molar-refractivity contribution in [2.45, 2.75) is 39.5 Å². The average molecular weight is 352 g/mol. The summed E-state index contributed by atoms with van der Waals surface area (Å²) < 4.78 is 12.4. The molecule has 4 heteroatoms. The summed E-state index contributed by atoms with van der Waals surface area (Å²) in [7, 11) is 0. The Morgan fingerprint density at radius 2 is 2.10 bits per heavy atom. The maximum absolute atomic E-state index is 5.71. The molecular weight excluding hydrogens is 330 g/mol. The van der Waals surface area contributed by atoms with E-state index in [1.807, 2.05) is 24.3 Å². The second-order valence-corrected chi connectivity index (χ2v) is 6.05. The molecular formula is C17H22BrNO2. The van der Waals surface area contributed by atoms with Gasteiger partial charge < -0.3 is 9.15 Å². The van der Waals surface area contributed by atoms with Gasteiger partial charge in [-0.2, -0.15) is 4.98 Å². The lowest BCUT2D eigenvalue weighted by atomic mass is 10.0. The number of hydrogen-bond donors (Lipinski definition) is 0. The SMILES string of the molecule is CCCCC(CC)COc1ncc(-c2ccccc2Br)o1. The molecule has 0 spiro atoms. The molecule has 1 aromatic heterocycles. The molecule has 1 aromatic carbocycles. The van der Waals surface area contributed by atoms with Gasteiger partial charge in [0.05, 0.1) is 12.8 Å². The molecule has 1 atom stereocenters. The first kappa shape index (κ1) is 16.1. The fraction of sp³-hybridized carbons (Fsp3) is 0.471. The maximum Gasteiger partial charge on any atom is 0.394 e. The first-order valence-corrected chi connectivity index (χ1v) is 8.37. The summed E-state index contributed by atoms with van der Waals surface area (Å²) in [6.45, 7) is 5.09.